The van der Waals surface area contributed by atoms with Gasteiger partial charge in [0.1, 0.15) is 0 Å². The van der Waals surface area contributed by atoms with E-state index in [1.54, 1.807) is 36.4 Å². The van der Waals surface area contributed by atoms with Crippen molar-refractivity contribution in [2.24, 2.45) is 0 Å². The molecule has 0 unspecified atom stereocenters. The first kappa shape index (κ1) is 15.1. The molecule has 5 heteroatoms. The number of nitrogens with one attached hydrogen (secondary N) is 2. The molecular formula is C16H15ClN2O2. The maximum absolute atomic E-state index is 11.8. The highest BCUT2D eigenvalue weighted by Crippen LogP contribution is 2.19. The second-order valence-corrected chi connectivity index (χ2v) is 4.97. The number of carbonyl (C=O) groups is 2. The van der Waals surface area contributed by atoms with Crippen LogP contribution in [-0.2, 0) is 0 Å². The molecule has 2 aromatic carbocycles. The molecule has 2 amide bonds. The molecule has 2 N–H and O–H groups in total. The van der Waals surface area contributed by atoms with E-state index in [2.05, 4.69) is 10.6 Å². The number of Topliss-reactive ketones (excluding diaryl/α,β-unsaturated/α-hetero) is 1. The normalized spacial score (nSPS) is 10.0. The fraction of sp³-hybridized carbons (Fsp3) is 0.125. The molecule has 0 saturated heterocycles. The van der Waals surface area contributed by atoms with Crippen molar-refractivity contribution in [2.45, 2.75) is 6.92 Å². The van der Waals surface area contributed by atoms with Gasteiger partial charge < -0.3 is 10.6 Å². The third-order valence-electron chi connectivity index (χ3n) is 2.93. The zero-order valence-electron chi connectivity index (χ0n) is 11.5. The third kappa shape index (κ3) is 4.33. The van der Waals surface area contributed by atoms with Crippen LogP contribution in [0, 0.1) is 6.92 Å². The van der Waals surface area contributed by atoms with Crippen molar-refractivity contribution in [1.82, 2.24) is 5.32 Å². The summed E-state index contributed by atoms with van der Waals surface area (Å²) in [5.74, 6) is -0.146. The summed E-state index contributed by atoms with van der Waals surface area (Å²) < 4.78 is 0. The number of aryl methyl sites for hydroxylation is 1. The van der Waals surface area contributed by atoms with E-state index in [0.29, 0.717) is 16.3 Å². The SMILES string of the molecule is Cc1ccc(NC(=O)NCC(=O)c2ccccc2)cc1Cl. The van der Waals surface area contributed by atoms with Gasteiger partial charge in [-0.1, -0.05) is 48.0 Å². The van der Waals surface area contributed by atoms with E-state index in [1.165, 1.54) is 0 Å². The molecule has 0 aliphatic rings. The molecule has 4 nitrogen and oxygen atoms in total. The first-order valence-corrected chi connectivity index (χ1v) is 6.83. The first-order chi connectivity index (χ1) is 10.1. The van der Waals surface area contributed by atoms with E-state index >= 15 is 0 Å². The molecule has 2 aromatic rings. The summed E-state index contributed by atoms with van der Waals surface area (Å²) in [6.07, 6.45) is 0. The molecule has 0 aliphatic carbocycles. The van der Waals surface area contributed by atoms with E-state index in [4.69, 9.17) is 11.6 Å². The fourth-order valence-corrected chi connectivity index (χ4v) is 1.91. The van der Waals surface area contributed by atoms with Crippen molar-refractivity contribution in [3.63, 3.8) is 0 Å². The summed E-state index contributed by atoms with van der Waals surface area (Å²) in [6.45, 7) is 1.82. The minimum Gasteiger partial charge on any atom is -0.330 e. The van der Waals surface area contributed by atoms with E-state index in [1.807, 2.05) is 19.1 Å². The van der Waals surface area contributed by atoms with Crippen LogP contribution in [0.4, 0.5) is 10.5 Å². The summed E-state index contributed by atoms with van der Waals surface area (Å²) in [6, 6.07) is 13.6. The number of benzene rings is 2. The molecule has 0 spiro atoms. The maximum Gasteiger partial charge on any atom is 0.319 e. The molecule has 21 heavy (non-hydrogen) atoms. The molecule has 2 rings (SSSR count). The van der Waals surface area contributed by atoms with Crippen LogP contribution < -0.4 is 10.6 Å². The van der Waals surface area contributed by atoms with E-state index in [0.717, 1.165) is 5.56 Å². The Kier molecular flexibility index (Phi) is 4.95. The molecule has 0 atom stereocenters. The predicted molar refractivity (Wildman–Crippen MR) is 84.0 cm³/mol. The minimum atomic E-state index is -0.445. The van der Waals surface area contributed by atoms with Gasteiger partial charge in [-0.2, -0.15) is 0 Å². The van der Waals surface area contributed by atoms with Crippen molar-refractivity contribution in [2.75, 3.05) is 11.9 Å². The predicted octanol–water partition coefficient (Wildman–Crippen LogP) is 3.65. The number of hydrogen-bond acceptors (Lipinski definition) is 2. The highest BCUT2D eigenvalue weighted by molar-refractivity contribution is 6.31. The minimum absolute atomic E-state index is 0.0601. The Morgan fingerprint density at radius 3 is 2.48 bits per heavy atom. The fourth-order valence-electron chi connectivity index (χ4n) is 1.73. The Morgan fingerprint density at radius 2 is 1.81 bits per heavy atom. The summed E-state index contributed by atoms with van der Waals surface area (Å²) in [5, 5.41) is 5.73. The number of carbonyl (C=O) groups excluding carboxylic acids is 2. The van der Waals surface area contributed by atoms with Crippen LogP contribution in [0.1, 0.15) is 15.9 Å². The van der Waals surface area contributed by atoms with E-state index in [9.17, 15) is 9.59 Å². The topological polar surface area (TPSA) is 58.2 Å². The molecule has 0 radical (unpaired) electrons. The quantitative estimate of drug-likeness (QED) is 0.847. The van der Waals surface area contributed by atoms with Gasteiger partial charge in [-0.25, -0.2) is 4.79 Å². The van der Waals surface area contributed by atoms with Crippen LogP contribution in [0.5, 0.6) is 0 Å². The summed E-state index contributed by atoms with van der Waals surface area (Å²) >= 11 is 5.98. The molecule has 0 fully saturated rings. The molecule has 0 bridgehead atoms. The smallest absolute Gasteiger partial charge is 0.319 e. The number of anilines is 1. The van der Waals surface area contributed by atoms with E-state index in [-0.39, 0.29) is 12.3 Å². The standard InChI is InChI=1S/C16H15ClN2O2/c1-11-7-8-13(9-14(11)17)19-16(21)18-10-15(20)12-5-3-2-4-6-12/h2-9H,10H2,1H3,(H2,18,19,21). The molecule has 0 aromatic heterocycles. The molecular weight excluding hydrogens is 288 g/mol. The van der Waals surface area contributed by atoms with Crippen molar-refractivity contribution >= 4 is 29.1 Å². The molecule has 0 saturated carbocycles. The Labute approximate surface area is 128 Å². The van der Waals surface area contributed by atoms with Crippen LogP contribution in [0.15, 0.2) is 48.5 Å². The first-order valence-electron chi connectivity index (χ1n) is 6.45. The maximum atomic E-state index is 11.8. The lowest BCUT2D eigenvalue weighted by Gasteiger charge is -2.08. The summed E-state index contributed by atoms with van der Waals surface area (Å²) in [4.78, 5) is 23.6. The van der Waals surface area contributed by atoms with Crippen LogP contribution in [0.3, 0.4) is 0 Å². The van der Waals surface area contributed by atoms with Crippen molar-refractivity contribution in [3.8, 4) is 0 Å². The lowest BCUT2D eigenvalue weighted by molar-refractivity contribution is 0.0993. The molecule has 0 heterocycles. The van der Waals surface area contributed by atoms with Gasteiger partial charge in [0, 0.05) is 16.3 Å². The third-order valence-corrected chi connectivity index (χ3v) is 3.34. The van der Waals surface area contributed by atoms with Gasteiger partial charge in [0.25, 0.3) is 0 Å². The zero-order chi connectivity index (χ0) is 15.2. The number of amides is 2. The van der Waals surface area contributed by atoms with Crippen LogP contribution in [0.2, 0.25) is 5.02 Å². The Morgan fingerprint density at radius 1 is 1.10 bits per heavy atom. The van der Waals surface area contributed by atoms with Crippen molar-refractivity contribution < 1.29 is 9.59 Å². The Balaban J connectivity index is 1.87. The second-order valence-electron chi connectivity index (χ2n) is 4.56. The zero-order valence-corrected chi connectivity index (χ0v) is 12.3. The number of ketones is 1. The van der Waals surface area contributed by atoms with Crippen LogP contribution in [-0.4, -0.2) is 18.4 Å². The highest BCUT2D eigenvalue weighted by atomic mass is 35.5. The van der Waals surface area contributed by atoms with Gasteiger partial charge in [-0.15, -0.1) is 0 Å². The van der Waals surface area contributed by atoms with Gasteiger partial charge in [-0.3, -0.25) is 4.79 Å². The number of rotatable bonds is 4. The number of halogens is 1. The molecule has 108 valence electrons. The molecule has 0 aliphatic heterocycles. The lowest BCUT2D eigenvalue weighted by atomic mass is 10.1. The van der Waals surface area contributed by atoms with Crippen LogP contribution >= 0.6 is 11.6 Å². The van der Waals surface area contributed by atoms with Gasteiger partial charge in [0.15, 0.2) is 5.78 Å². The average Bonchev–Trinajstić information content (AvgIpc) is 2.49. The van der Waals surface area contributed by atoms with Gasteiger partial charge in [0.05, 0.1) is 6.54 Å². The van der Waals surface area contributed by atoms with Crippen LogP contribution in [0.25, 0.3) is 0 Å². The van der Waals surface area contributed by atoms with Crippen molar-refractivity contribution in [3.05, 3.63) is 64.7 Å². The largest absolute Gasteiger partial charge is 0.330 e. The van der Waals surface area contributed by atoms with E-state index < -0.39 is 6.03 Å². The Hall–Kier alpha value is -2.33. The van der Waals surface area contributed by atoms with Crippen molar-refractivity contribution in [1.29, 1.82) is 0 Å². The number of urea groups is 1. The monoisotopic (exact) mass is 302 g/mol. The summed E-state index contributed by atoms with van der Waals surface area (Å²) in [7, 11) is 0. The average molecular weight is 303 g/mol. The second kappa shape index (κ2) is 6.90. The highest BCUT2D eigenvalue weighted by Gasteiger charge is 2.08. The van der Waals surface area contributed by atoms with Gasteiger partial charge in [-0.05, 0) is 24.6 Å². The van der Waals surface area contributed by atoms with Gasteiger partial charge >= 0.3 is 6.03 Å². The number of hydrogen-bond donors (Lipinski definition) is 2. The van der Waals surface area contributed by atoms with Gasteiger partial charge in [0.2, 0.25) is 0 Å². The summed E-state index contributed by atoms with van der Waals surface area (Å²) in [5.41, 5.74) is 2.08. The lowest BCUT2D eigenvalue weighted by Crippen LogP contribution is -2.33. The Bertz CT molecular complexity index is 657.